The third kappa shape index (κ3) is 8.82. The van der Waals surface area contributed by atoms with E-state index in [0.717, 1.165) is 51.4 Å². The van der Waals surface area contributed by atoms with Crippen LogP contribution in [0.15, 0.2) is 30.4 Å². The molecule has 3 saturated carbocycles. The molecular formula is C37H49FN6O9S. The van der Waals surface area contributed by atoms with Crippen molar-refractivity contribution in [3.63, 3.8) is 0 Å². The third-order valence-electron chi connectivity index (χ3n) is 11.5. The molecule has 3 aliphatic carbocycles. The number of carbonyl (C=O) groups is 5. The van der Waals surface area contributed by atoms with Crippen molar-refractivity contribution in [1.29, 1.82) is 0 Å². The van der Waals surface area contributed by atoms with E-state index in [-0.39, 0.29) is 57.5 Å². The minimum absolute atomic E-state index is 0.000177. The van der Waals surface area contributed by atoms with Crippen LogP contribution in [0.1, 0.15) is 94.6 Å². The van der Waals surface area contributed by atoms with E-state index in [1.165, 1.54) is 15.9 Å². The van der Waals surface area contributed by atoms with Gasteiger partial charge in [-0.1, -0.05) is 37.1 Å². The fourth-order valence-corrected chi connectivity index (χ4v) is 8.98. The quantitative estimate of drug-likeness (QED) is 0.288. The van der Waals surface area contributed by atoms with E-state index in [0.29, 0.717) is 24.0 Å². The molecule has 54 heavy (non-hydrogen) atoms. The van der Waals surface area contributed by atoms with E-state index in [1.807, 2.05) is 12.2 Å². The minimum atomic E-state index is -4.21. The first kappa shape index (κ1) is 38.0. The SMILES string of the molecule is O=C(N[C@H]1CCCCC/C=C\[C@@H]2C[C@@]2(C(=O)NS(=O)(=O)NCC2CC2)NC(=O)[C@@H]2C[C@@H](OC(=O)N3Cc4cccc(F)c4C3)CN2C1=O)OC1CCCC1. The van der Waals surface area contributed by atoms with Crippen LogP contribution in [0.4, 0.5) is 14.0 Å². The standard InChI is InChI=1S/C37H49FN6O9S/c38-29-13-8-9-24-20-43(22-28(24)29)36(49)53-27-17-31-32(45)41-37(34(47)42-54(50,51)39-19-23-15-16-23)18-25(37)10-4-2-1-3-5-14-30(33(46)44(31)21-27)40-35(48)52-26-11-6-7-12-26/h4,8-10,13,23,25-27,30-31,39H,1-3,5-7,11-12,14-22H2,(H,40,48)(H,41,45)(H,42,47)/b10-4-/t25-,27-,30+,31+,37-/m1/s1. The molecule has 0 bridgehead atoms. The van der Waals surface area contributed by atoms with E-state index in [4.69, 9.17) is 9.47 Å². The lowest BCUT2D eigenvalue weighted by Gasteiger charge is -2.30. The average Bonchev–Trinajstić information content (AvgIpc) is 3.86. The molecule has 5 atom stereocenters. The normalized spacial score (nSPS) is 29.5. The highest BCUT2D eigenvalue weighted by molar-refractivity contribution is 7.88. The molecule has 1 saturated heterocycles. The van der Waals surface area contributed by atoms with Crippen LogP contribution < -0.4 is 20.1 Å². The van der Waals surface area contributed by atoms with Gasteiger partial charge in [0.15, 0.2) is 0 Å². The predicted molar refractivity (Wildman–Crippen MR) is 191 cm³/mol. The maximum atomic E-state index is 14.4. The van der Waals surface area contributed by atoms with E-state index in [2.05, 4.69) is 20.1 Å². The van der Waals surface area contributed by atoms with Gasteiger partial charge in [-0.3, -0.25) is 19.3 Å². The van der Waals surface area contributed by atoms with Crippen molar-refractivity contribution in [3.05, 3.63) is 47.3 Å². The van der Waals surface area contributed by atoms with Crippen LogP contribution >= 0.6 is 0 Å². The van der Waals surface area contributed by atoms with Crippen LogP contribution in [0.25, 0.3) is 0 Å². The summed E-state index contributed by atoms with van der Waals surface area (Å²) in [5, 5.41) is 5.52. The fraction of sp³-hybridized carbons (Fsp3) is 0.649. The van der Waals surface area contributed by atoms with Crippen LogP contribution in [-0.4, -0.2) is 91.0 Å². The van der Waals surface area contributed by atoms with Gasteiger partial charge >= 0.3 is 22.4 Å². The third-order valence-corrected chi connectivity index (χ3v) is 12.5. The Balaban J connectivity index is 1.11. The number of benzene rings is 1. The summed E-state index contributed by atoms with van der Waals surface area (Å²) < 4.78 is 56.0. The summed E-state index contributed by atoms with van der Waals surface area (Å²) in [6.07, 6.45) is 9.26. The van der Waals surface area contributed by atoms with Crippen LogP contribution in [0.3, 0.4) is 0 Å². The number of carbonyl (C=O) groups excluding carboxylic acids is 5. The maximum absolute atomic E-state index is 14.4. The van der Waals surface area contributed by atoms with Crippen LogP contribution in [0.2, 0.25) is 0 Å². The number of amides is 5. The Morgan fingerprint density at radius 2 is 1.74 bits per heavy atom. The molecule has 0 unspecified atom stereocenters. The zero-order valence-electron chi connectivity index (χ0n) is 30.2. The molecule has 15 nitrogen and oxygen atoms in total. The lowest BCUT2D eigenvalue weighted by atomic mass is 10.0. The molecule has 3 heterocycles. The number of nitrogens with one attached hydrogen (secondary N) is 4. The first-order valence-electron chi connectivity index (χ1n) is 19.2. The highest BCUT2D eigenvalue weighted by Crippen LogP contribution is 2.46. The highest BCUT2D eigenvalue weighted by atomic mass is 32.2. The van der Waals surface area contributed by atoms with Gasteiger partial charge in [0.25, 0.3) is 5.91 Å². The summed E-state index contributed by atoms with van der Waals surface area (Å²) in [4.78, 5) is 71.4. The van der Waals surface area contributed by atoms with Gasteiger partial charge in [0.2, 0.25) is 11.8 Å². The molecule has 6 aliphatic rings. The minimum Gasteiger partial charge on any atom is -0.446 e. The second-order valence-corrected chi connectivity index (χ2v) is 17.1. The molecular weight excluding hydrogens is 724 g/mol. The molecule has 0 aromatic heterocycles. The van der Waals surface area contributed by atoms with Crippen LogP contribution in [0.5, 0.6) is 0 Å². The maximum Gasteiger partial charge on any atom is 0.410 e. The summed E-state index contributed by atoms with van der Waals surface area (Å²) in [6, 6.07) is 2.34. The Morgan fingerprint density at radius 1 is 0.963 bits per heavy atom. The Labute approximate surface area is 314 Å². The topological polar surface area (TPSA) is 193 Å². The van der Waals surface area contributed by atoms with Gasteiger partial charge in [0.1, 0.15) is 35.6 Å². The van der Waals surface area contributed by atoms with Gasteiger partial charge in [-0.15, -0.1) is 0 Å². The molecule has 0 radical (unpaired) electrons. The zero-order chi connectivity index (χ0) is 38.0. The summed E-state index contributed by atoms with van der Waals surface area (Å²) >= 11 is 0. The average molecular weight is 773 g/mol. The number of nitrogens with zero attached hydrogens (tertiary/aromatic N) is 2. The number of ether oxygens (including phenoxy) is 2. The monoisotopic (exact) mass is 772 g/mol. The molecule has 4 N–H and O–H groups in total. The van der Waals surface area contributed by atoms with E-state index < -0.39 is 75.6 Å². The van der Waals surface area contributed by atoms with Crippen molar-refractivity contribution in [2.45, 2.75) is 126 Å². The van der Waals surface area contributed by atoms with Gasteiger partial charge in [0, 0.05) is 31.0 Å². The van der Waals surface area contributed by atoms with Crippen molar-refractivity contribution >= 4 is 40.1 Å². The summed E-state index contributed by atoms with van der Waals surface area (Å²) in [5.41, 5.74) is -0.553. The van der Waals surface area contributed by atoms with Crippen molar-refractivity contribution in [2.24, 2.45) is 11.8 Å². The van der Waals surface area contributed by atoms with Gasteiger partial charge in [-0.25, -0.2) is 18.7 Å². The number of allylic oxidation sites excluding steroid dienone is 1. The Kier molecular flexibility index (Phi) is 11.2. The van der Waals surface area contributed by atoms with Gasteiger partial charge in [-0.2, -0.15) is 13.1 Å². The molecule has 17 heteroatoms. The van der Waals surface area contributed by atoms with Crippen molar-refractivity contribution in [2.75, 3.05) is 13.1 Å². The lowest BCUT2D eigenvalue weighted by molar-refractivity contribution is -0.141. The van der Waals surface area contributed by atoms with E-state index >= 15 is 0 Å². The number of alkyl carbamates (subject to hydrolysis) is 1. The van der Waals surface area contributed by atoms with Crippen molar-refractivity contribution in [1.82, 2.24) is 29.9 Å². The summed E-state index contributed by atoms with van der Waals surface area (Å²) in [7, 11) is -4.21. The molecule has 0 spiro atoms. The van der Waals surface area contributed by atoms with Crippen LogP contribution in [0, 0.1) is 17.7 Å². The molecule has 1 aromatic rings. The van der Waals surface area contributed by atoms with Crippen molar-refractivity contribution < 1.29 is 46.3 Å². The van der Waals surface area contributed by atoms with Gasteiger partial charge in [-0.05, 0) is 81.8 Å². The molecule has 3 aliphatic heterocycles. The second-order valence-electron chi connectivity index (χ2n) is 15.6. The van der Waals surface area contributed by atoms with E-state index in [1.54, 1.807) is 12.1 Å². The Bertz CT molecular complexity index is 1780. The van der Waals surface area contributed by atoms with Crippen molar-refractivity contribution in [3.8, 4) is 0 Å². The molecule has 294 valence electrons. The largest absolute Gasteiger partial charge is 0.446 e. The zero-order valence-corrected chi connectivity index (χ0v) is 31.0. The van der Waals surface area contributed by atoms with Gasteiger partial charge in [0.05, 0.1) is 13.1 Å². The number of rotatable bonds is 8. The number of halogens is 1. The first-order valence-corrected chi connectivity index (χ1v) is 20.7. The van der Waals surface area contributed by atoms with Crippen LogP contribution in [-0.2, 0) is 47.2 Å². The van der Waals surface area contributed by atoms with E-state index in [9.17, 15) is 36.8 Å². The Morgan fingerprint density at radius 3 is 2.50 bits per heavy atom. The summed E-state index contributed by atoms with van der Waals surface area (Å²) in [5.74, 6) is -2.90. The highest BCUT2D eigenvalue weighted by Gasteiger charge is 2.61. The molecule has 4 fully saturated rings. The predicted octanol–water partition coefficient (Wildman–Crippen LogP) is 3.04. The first-order chi connectivity index (χ1) is 25.9. The molecule has 5 amide bonds. The fourth-order valence-electron chi connectivity index (χ4n) is 8.03. The number of hydrogen-bond acceptors (Lipinski definition) is 9. The van der Waals surface area contributed by atoms with Gasteiger partial charge < -0.3 is 25.0 Å². The lowest BCUT2D eigenvalue weighted by Crippen LogP contribution is -2.59. The smallest absolute Gasteiger partial charge is 0.410 e. The number of hydrogen-bond donors (Lipinski definition) is 4. The summed E-state index contributed by atoms with van der Waals surface area (Å²) in [6.45, 7) is 0.146. The number of fused-ring (bicyclic) bond motifs is 3. The second kappa shape index (κ2) is 15.8. The Hall–Kier alpha value is -4.25. The molecule has 7 rings (SSSR count). The molecule has 1 aromatic carbocycles.